The lowest BCUT2D eigenvalue weighted by atomic mass is 9.96. The van der Waals surface area contributed by atoms with E-state index in [-0.39, 0.29) is 5.91 Å². The number of carbonyl (C=O) groups is 2. The molecule has 0 saturated carbocycles. The number of hydrogen-bond donors (Lipinski definition) is 1. The number of carbonyl (C=O) groups excluding carboxylic acids is 2. The lowest BCUT2D eigenvalue weighted by Crippen LogP contribution is -2.52. The first-order chi connectivity index (χ1) is 8.44. The molecule has 100 valence electrons. The van der Waals surface area contributed by atoms with Crippen molar-refractivity contribution in [2.45, 2.75) is 39.2 Å². The summed E-state index contributed by atoms with van der Waals surface area (Å²) in [5.74, 6) is -0.795. The highest BCUT2D eigenvalue weighted by atomic mass is 32.1. The predicted molar refractivity (Wildman–Crippen MR) is 67.4 cm³/mol. The molecule has 1 rings (SSSR count). The maximum absolute atomic E-state index is 12.0. The molecule has 0 aliphatic heterocycles. The van der Waals surface area contributed by atoms with Crippen LogP contribution >= 0.6 is 11.5 Å². The Hall–Kier alpha value is -1.50. The molecule has 1 N–H and O–H groups in total. The van der Waals surface area contributed by atoms with Crippen molar-refractivity contribution >= 4 is 23.4 Å². The monoisotopic (exact) mass is 271 g/mol. The number of rotatable bonds is 5. The van der Waals surface area contributed by atoms with Gasteiger partial charge < -0.3 is 10.1 Å². The zero-order valence-corrected chi connectivity index (χ0v) is 11.8. The van der Waals surface area contributed by atoms with Crippen LogP contribution < -0.4 is 5.32 Å². The number of amides is 1. The second-order valence-electron chi connectivity index (χ2n) is 4.22. The first-order valence-corrected chi connectivity index (χ1v) is 6.41. The van der Waals surface area contributed by atoms with E-state index in [1.165, 1.54) is 7.11 Å². The summed E-state index contributed by atoms with van der Waals surface area (Å²) in [6.45, 7) is 5.30. The molecule has 0 bridgehead atoms. The standard InChI is InChI=1S/C11H17N3O3S/c1-5-6-11(3,10(16)17-4)12-9(15)8-7(2)13-14-18-8/h5-6H2,1-4H3,(H,12,15). The van der Waals surface area contributed by atoms with E-state index in [2.05, 4.69) is 14.9 Å². The Balaban J connectivity index is 2.88. The van der Waals surface area contributed by atoms with Gasteiger partial charge in [0.2, 0.25) is 0 Å². The van der Waals surface area contributed by atoms with E-state index in [1.54, 1.807) is 13.8 Å². The van der Waals surface area contributed by atoms with E-state index in [1.807, 2.05) is 6.92 Å². The molecule has 1 unspecified atom stereocenters. The molecular formula is C11H17N3O3S. The Morgan fingerprint density at radius 3 is 2.61 bits per heavy atom. The van der Waals surface area contributed by atoms with Gasteiger partial charge in [0.1, 0.15) is 10.4 Å². The Bertz CT molecular complexity index is 446. The zero-order chi connectivity index (χ0) is 13.8. The largest absolute Gasteiger partial charge is 0.467 e. The molecule has 1 atom stereocenters. The molecule has 0 spiro atoms. The van der Waals surface area contributed by atoms with Crippen molar-refractivity contribution in [2.24, 2.45) is 0 Å². The minimum Gasteiger partial charge on any atom is -0.467 e. The highest BCUT2D eigenvalue weighted by Gasteiger charge is 2.36. The van der Waals surface area contributed by atoms with Crippen LogP contribution in [-0.4, -0.2) is 34.1 Å². The molecule has 7 heteroatoms. The van der Waals surface area contributed by atoms with Crippen LogP contribution in [0.3, 0.4) is 0 Å². The predicted octanol–water partition coefficient (Wildman–Crippen LogP) is 1.31. The smallest absolute Gasteiger partial charge is 0.331 e. The van der Waals surface area contributed by atoms with Crippen LogP contribution in [0.4, 0.5) is 0 Å². The van der Waals surface area contributed by atoms with Gasteiger partial charge in [0.25, 0.3) is 5.91 Å². The Labute approximate surface area is 110 Å². The van der Waals surface area contributed by atoms with Crippen molar-refractivity contribution in [3.8, 4) is 0 Å². The SMILES string of the molecule is CCCC(C)(NC(=O)c1snnc1C)C(=O)OC. The summed E-state index contributed by atoms with van der Waals surface area (Å²) in [5, 5.41) is 6.48. The summed E-state index contributed by atoms with van der Waals surface area (Å²) < 4.78 is 8.43. The first-order valence-electron chi connectivity index (χ1n) is 5.64. The first kappa shape index (κ1) is 14.6. The van der Waals surface area contributed by atoms with Crippen molar-refractivity contribution in [2.75, 3.05) is 7.11 Å². The van der Waals surface area contributed by atoms with Crippen LogP contribution in [-0.2, 0) is 9.53 Å². The number of methoxy groups -OCH3 is 1. The second-order valence-corrected chi connectivity index (χ2v) is 4.97. The fourth-order valence-corrected chi connectivity index (χ4v) is 2.24. The van der Waals surface area contributed by atoms with Crippen molar-refractivity contribution in [1.82, 2.24) is 14.9 Å². The number of aromatic nitrogens is 2. The van der Waals surface area contributed by atoms with Crippen LogP contribution in [0.5, 0.6) is 0 Å². The molecule has 1 aromatic heterocycles. The van der Waals surface area contributed by atoms with Gasteiger partial charge in [-0.1, -0.05) is 17.8 Å². The quantitative estimate of drug-likeness (QED) is 0.816. The van der Waals surface area contributed by atoms with Crippen LogP contribution in [0.15, 0.2) is 0 Å². The molecule has 0 aromatic carbocycles. The number of aryl methyl sites for hydroxylation is 1. The molecule has 0 saturated heterocycles. The summed E-state index contributed by atoms with van der Waals surface area (Å²) in [5.41, 5.74) is -0.460. The van der Waals surface area contributed by atoms with Gasteiger partial charge in [-0.15, -0.1) is 5.10 Å². The van der Waals surface area contributed by atoms with Crippen molar-refractivity contribution < 1.29 is 14.3 Å². The third-order valence-electron chi connectivity index (χ3n) is 2.63. The molecule has 1 aromatic rings. The summed E-state index contributed by atoms with van der Waals surface area (Å²) in [4.78, 5) is 24.2. The minimum absolute atomic E-state index is 0.344. The fraction of sp³-hybridized carbons (Fsp3) is 0.636. The van der Waals surface area contributed by atoms with Crippen LogP contribution in [0.2, 0.25) is 0 Å². The Morgan fingerprint density at radius 2 is 2.17 bits per heavy atom. The van der Waals surface area contributed by atoms with Gasteiger partial charge in [0, 0.05) is 0 Å². The molecule has 0 aliphatic rings. The summed E-state index contributed by atoms with van der Waals surface area (Å²) >= 11 is 1.01. The Kier molecular flexibility index (Phi) is 4.77. The van der Waals surface area contributed by atoms with Crippen LogP contribution in [0.25, 0.3) is 0 Å². The third-order valence-corrected chi connectivity index (χ3v) is 3.46. The average molecular weight is 271 g/mol. The van der Waals surface area contributed by atoms with Crippen molar-refractivity contribution in [3.05, 3.63) is 10.6 Å². The van der Waals surface area contributed by atoms with Gasteiger partial charge in [-0.25, -0.2) is 4.79 Å². The van der Waals surface area contributed by atoms with E-state index in [4.69, 9.17) is 4.74 Å². The lowest BCUT2D eigenvalue weighted by molar-refractivity contribution is -0.147. The van der Waals surface area contributed by atoms with E-state index >= 15 is 0 Å². The van der Waals surface area contributed by atoms with E-state index in [0.717, 1.165) is 18.0 Å². The molecule has 18 heavy (non-hydrogen) atoms. The number of ether oxygens (including phenoxy) is 1. The second kappa shape index (κ2) is 5.90. The highest BCUT2D eigenvalue weighted by molar-refractivity contribution is 7.08. The zero-order valence-electron chi connectivity index (χ0n) is 10.9. The maximum Gasteiger partial charge on any atom is 0.331 e. The van der Waals surface area contributed by atoms with Crippen molar-refractivity contribution in [1.29, 1.82) is 0 Å². The van der Waals surface area contributed by atoms with Gasteiger partial charge in [-0.3, -0.25) is 4.79 Å². The molecule has 0 fully saturated rings. The third kappa shape index (κ3) is 3.04. The lowest BCUT2D eigenvalue weighted by Gasteiger charge is -2.27. The van der Waals surface area contributed by atoms with Gasteiger partial charge >= 0.3 is 5.97 Å². The van der Waals surface area contributed by atoms with Crippen LogP contribution in [0.1, 0.15) is 42.1 Å². The van der Waals surface area contributed by atoms with Gasteiger partial charge in [-0.2, -0.15) is 0 Å². The molecule has 1 heterocycles. The number of nitrogens with one attached hydrogen (secondary N) is 1. The van der Waals surface area contributed by atoms with Crippen molar-refractivity contribution in [3.63, 3.8) is 0 Å². The summed E-state index contributed by atoms with van der Waals surface area (Å²) in [7, 11) is 1.31. The summed E-state index contributed by atoms with van der Waals surface area (Å²) in [6.07, 6.45) is 1.27. The normalized spacial score (nSPS) is 13.8. The van der Waals surface area contributed by atoms with E-state index < -0.39 is 11.5 Å². The number of nitrogens with zero attached hydrogens (tertiary/aromatic N) is 2. The highest BCUT2D eigenvalue weighted by Crippen LogP contribution is 2.17. The van der Waals surface area contributed by atoms with Gasteiger partial charge in [-0.05, 0) is 31.8 Å². The Morgan fingerprint density at radius 1 is 1.50 bits per heavy atom. The number of esters is 1. The van der Waals surface area contributed by atoms with E-state index in [9.17, 15) is 9.59 Å². The maximum atomic E-state index is 12.0. The average Bonchev–Trinajstić information content (AvgIpc) is 2.74. The molecule has 0 aliphatic carbocycles. The van der Waals surface area contributed by atoms with Gasteiger partial charge in [0.15, 0.2) is 0 Å². The number of hydrogen-bond acceptors (Lipinski definition) is 6. The molecule has 1 amide bonds. The molecule has 0 radical (unpaired) electrons. The van der Waals surface area contributed by atoms with Crippen LogP contribution in [0, 0.1) is 6.92 Å². The van der Waals surface area contributed by atoms with E-state index in [0.29, 0.717) is 17.0 Å². The van der Waals surface area contributed by atoms with Gasteiger partial charge in [0.05, 0.1) is 12.8 Å². The molecular weight excluding hydrogens is 254 g/mol. The summed E-state index contributed by atoms with van der Waals surface area (Å²) in [6, 6.07) is 0. The fourth-order valence-electron chi connectivity index (χ4n) is 1.69. The topological polar surface area (TPSA) is 81.2 Å². The molecule has 6 nitrogen and oxygen atoms in total. The minimum atomic E-state index is -1.02.